The number of nitrogens with zero attached hydrogens (tertiary/aromatic N) is 3. The Hall–Kier alpha value is -1.68. The van der Waals surface area contributed by atoms with E-state index in [9.17, 15) is 0 Å². The van der Waals surface area contributed by atoms with Crippen LogP contribution < -0.4 is 5.73 Å². The predicted molar refractivity (Wildman–Crippen MR) is 74.7 cm³/mol. The summed E-state index contributed by atoms with van der Waals surface area (Å²) in [5.74, 6) is 2.05. The molecule has 19 heavy (non-hydrogen) atoms. The Bertz CT molecular complexity index is 532. The number of rotatable bonds is 3. The van der Waals surface area contributed by atoms with E-state index in [1.807, 2.05) is 18.2 Å². The largest absolute Gasteiger partial charge is 0.321 e. The number of hydrogen-bond acceptors (Lipinski definition) is 3. The van der Waals surface area contributed by atoms with Crippen molar-refractivity contribution in [1.82, 2.24) is 14.8 Å². The Labute approximate surface area is 113 Å². The van der Waals surface area contributed by atoms with Gasteiger partial charge in [0.15, 0.2) is 0 Å². The number of aryl methyl sites for hydroxylation is 1. The molecule has 0 fully saturated rings. The van der Waals surface area contributed by atoms with Gasteiger partial charge in [-0.15, -0.1) is 10.2 Å². The molecule has 0 saturated carbocycles. The van der Waals surface area contributed by atoms with Crippen LogP contribution in [0.25, 0.3) is 0 Å². The lowest BCUT2D eigenvalue weighted by Crippen LogP contribution is -2.19. The highest BCUT2D eigenvalue weighted by molar-refractivity contribution is 5.17. The monoisotopic (exact) mass is 256 g/mol. The first-order valence-electron chi connectivity index (χ1n) is 7.06. The van der Waals surface area contributed by atoms with E-state index in [2.05, 4.69) is 26.9 Å². The zero-order valence-electron chi connectivity index (χ0n) is 11.1. The summed E-state index contributed by atoms with van der Waals surface area (Å²) in [5, 5.41) is 8.64. The molecule has 0 amide bonds. The zero-order chi connectivity index (χ0) is 13.1. The van der Waals surface area contributed by atoms with Gasteiger partial charge >= 0.3 is 0 Å². The molecule has 0 aliphatic carbocycles. The Morgan fingerprint density at radius 1 is 1.11 bits per heavy atom. The highest BCUT2D eigenvalue weighted by atomic mass is 15.3. The first-order chi connectivity index (χ1) is 9.34. The number of hydrogen-bond donors (Lipinski definition) is 1. The van der Waals surface area contributed by atoms with E-state index in [1.165, 1.54) is 24.8 Å². The molecule has 100 valence electrons. The SMILES string of the molecule is NC(Cc1ccccc1)c1nnc2n1CCCCC2. The zero-order valence-corrected chi connectivity index (χ0v) is 11.1. The Morgan fingerprint density at radius 3 is 2.79 bits per heavy atom. The quantitative estimate of drug-likeness (QED) is 0.916. The molecule has 0 saturated heterocycles. The third-order valence-corrected chi connectivity index (χ3v) is 3.77. The van der Waals surface area contributed by atoms with E-state index >= 15 is 0 Å². The molecule has 1 aliphatic rings. The number of fused-ring (bicyclic) bond motifs is 1. The third kappa shape index (κ3) is 2.68. The topological polar surface area (TPSA) is 56.7 Å². The average molecular weight is 256 g/mol. The van der Waals surface area contributed by atoms with E-state index < -0.39 is 0 Å². The van der Waals surface area contributed by atoms with Crippen molar-refractivity contribution in [3.63, 3.8) is 0 Å². The van der Waals surface area contributed by atoms with Crippen LogP contribution in [-0.4, -0.2) is 14.8 Å². The van der Waals surface area contributed by atoms with Crippen molar-refractivity contribution < 1.29 is 0 Å². The molecule has 1 unspecified atom stereocenters. The lowest BCUT2D eigenvalue weighted by molar-refractivity contribution is 0.559. The molecule has 2 heterocycles. The first-order valence-corrected chi connectivity index (χ1v) is 7.06. The minimum Gasteiger partial charge on any atom is -0.321 e. The van der Waals surface area contributed by atoms with Crippen molar-refractivity contribution in [2.75, 3.05) is 0 Å². The Balaban J connectivity index is 1.80. The first kappa shape index (κ1) is 12.4. The van der Waals surface area contributed by atoms with E-state index in [4.69, 9.17) is 5.73 Å². The maximum Gasteiger partial charge on any atom is 0.150 e. The summed E-state index contributed by atoms with van der Waals surface area (Å²) in [5.41, 5.74) is 7.57. The third-order valence-electron chi connectivity index (χ3n) is 3.77. The van der Waals surface area contributed by atoms with Crippen molar-refractivity contribution in [2.24, 2.45) is 5.73 Å². The molecule has 0 bridgehead atoms. The van der Waals surface area contributed by atoms with Gasteiger partial charge in [-0.3, -0.25) is 0 Å². The number of benzene rings is 1. The molecule has 1 atom stereocenters. The van der Waals surface area contributed by atoms with Gasteiger partial charge < -0.3 is 10.3 Å². The van der Waals surface area contributed by atoms with Crippen molar-refractivity contribution in [1.29, 1.82) is 0 Å². The van der Waals surface area contributed by atoms with E-state index in [-0.39, 0.29) is 6.04 Å². The Morgan fingerprint density at radius 2 is 1.95 bits per heavy atom. The highest BCUT2D eigenvalue weighted by Gasteiger charge is 2.19. The molecule has 1 aromatic heterocycles. The van der Waals surface area contributed by atoms with E-state index in [0.29, 0.717) is 0 Å². The van der Waals surface area contributed by atoms with Gasteiger partial charge in [0.1, 0.15) is 11.6 Å². The average Bonchev–Trinajstić information content (AvgIpc) is 2.69. The summed E-state index contributed by atoms with van der Waals surface area (Å²) < 4.78 is 2.24. The van der Waals surface area contributed by atoms with Crippen LogP contribution in [-0.2, 0) is 19.4 Å². The van der Waals surface area contributed by atoms with Crippen LogP contribution in [0.2, 0.25) is 0 Å². The molecule has 1 aromatic carbocycles. The summed E-state index contributed by atoms with van der Waals surface area (Å²) in [6, 6.07) is 10.3. The molecule has 2 aromatic rings. The maximum absolute atomic E-state index is 6.32. The molecule has 4 nitrogen and oxygen atoms in total. The Kier molecular flexibility index (Phi) is 3.60. The molecule has 3 rings (SSSR count). The second-order valence-corrected chi connectivity index (χ2v) is 5.23. The predicted octanol–water partition coefficient (Wildman–Crippen LogP) is 2.25. The smallest absolute Gasteiger partial charge is 0.150 e. The van der Waals surface area contributed by atoms with Gasteiger partial charge in [-0.25, -0.2) is 0 Å². The van der Waals surface area contributed by atoms with Gasteiger partial charge in [-0.1, -0.05) is 36.8 Å². The van der Waals surface area contributed by atoms with Crippen LogP contribution in [0.1, 0.15) is 42.5 Å². The lowest BCUT2D eigenvalue weighted by Gasteiger charge is -2.13. The van der Waals surface area contributed by atoms with Crippen LogP contribution in [0.15, 0.2) is 30.3 Å². The minimum atomic E-state index is -0.0678. The van der Waals surface area contributed by atoms with E-state index in [0.717, 1.165) is 31.0 Å². The second-order valence-electron chi connectivity index (χ2n) is 5.23. The molecular weight excluding hydrogens is 236 g/mol. The summed E-state index contributed by atoms with van der Waals surface area (Å²) in [6.45, 7) is 1.01. The summed E-state index contributed by atoms with van der Waals surface area (Å²) in [6.07, 6.45) is 5.54. The fourth-order valence-electron chi connectivity index (χ4n) is 2.74. The van der Waals surface area contributed by atoms with Crippen LogP contribution in [0, 0.1) is 0 Å². The van der Waals surface area contributed by atoms with Crippen molar-refractivity contribution in [3.05, 3.63) is 47.5 Å². The van der Waals surface area contributed by atoms with Gasteiger partial charge in [0, 0.05) is 13.0 Å². The number of aromatic nitrogens is 3. The highest BCUT2D eigenvalue weighted by Crippen LogP contribution is 2.20. The summed E-state index contributed by atoms with van der Waals surface area (Å²) in [7, 11) is 0. The minimum absolute atomic E-state index is 0.0678. The molecular formula is C15H20N4. The van der Waals surface area contributed by atoms with Gasteiger partial charge in [-0.05, 0) is 24.8 Å². The van der Waals surface area contributed by atoms with Crippen molar-refractivity contribution >= 4 is 0 Å². The van der Waals surface area contributed by atoms with Crippen LogP contribution in [0.3, 0.4) is 0 Å². The van der Waals surface area contributed by atoms with Gasteiger partial charge in [0.05, 0.1) is 6.04 Å². The molecule has 0 spiro atoms. The van der Waals surface area contributed by atoms with Crippen LogP contribution >= 0.6 is 0 Å². The standard InChI is InChI=1S/C15H20N4/c16-13(11-12-7-3-1-4-8-12)15-18-17-14-9-5-2-6-10-19(14)15/h1,3-4,7-8,13H,2,5-6,9-11,16H2. The van der Waals surface area contributed by atoms with Crippen molar-refractivity contribution in [3.8, 4) is 0 Å². The van der Waals surface area contributed by atoms with E-state index in [1.54, 1.807) is 0 Å². The number of nitrogens with two attached hydrogens (primary N) is 1. The molecule has 2 N–H and O–H groups in total. The second kappa shape index (κ2) is 5.53. The molecule has 1 aliphatic heterocycles. The van der Waals surface area contributed by atoms with Crippen molar-refractivity contribution in [2.45, 2.75) is 44.7 Å². The fourth-order valence-corrected chi connectivity index (χ4v) is 2.74. The maximum atomic E-state index is 6.32. The van der Waals surface area contributed by atoms with Crippen LogP contribution in [0.5, 0.6) is 0 Å². The fraction of sp³-hybridized carbons (Fsp3) is 0.467. The lowest BCUT2D eigenvalue weighted by atomic mass is 10.1. The molecule has 4 heteroatoms. The van der Waals surface area contributed by atoms with Gasteiger partial charge in [0.25, 0.3) is 0 Å². The van der Waals surface area contributed by atoms with Crippen LogP contribution in [0.4, 0.5) is 0 Å². The summed E-state index contributed by atoms with van der Waals surface area (Å²) in [4.78, 5) is 0. The van der Waals surface area contributed by atoms with Gasteiger partial charge in [0.2, 0.25) is 0 Å². The summed E-state index contributed by atoms with van der Waals surface area (Å²) >= 11 is 0. The van der Waals surface area contributed by atoms with Gasteiger partial charge in [-0.2, -0.15) is 0 Å². The normalized spacial score (nSPS) is 16.7. The molecule has 0 radical (unpaired) electrons.